The molecule has 1 atom stereocenters. The Morgan fingerprint density at radius 1 is 1.28 bits per heavy atom. The summed E-state index contributed by atoms with van der Waals surface area (Å²) in [7, 11) is 0. The Hall–Kier alpha value is -0.750. The van der Waals surface area contributed by atoms with E-state index in [1.165, 1.54) is 4.90 Å². The van der Waals surface area contributed by atoms with E-state index in [0.29, 0.717) is 25.1 Å². The Kier molecular flexibility index (Phi) is 4.17. The number of hydrogen-bond donors (Lipinski definition) is 2. The molecule has 2 aliphatic rings. The van der Waals surface area contributed by atoms with Gasteiger partial charge in [0.25, 0.3) is 0 Å². The molecule has 1 saturated carbocycles. The van der Waals surface area contributed by atoms with Gasteiger partial charge < -0.3 is 15.7 Å². The fraction of sp³-hybridized carbons (Fsp3) is 0.833. The van der Waals surface area contributed by atoms with E-state index in [-0.39, 0.29) is 5.91 Å². The first-order valence-electron chi connectivity index (χ1n) is 6.45. The van der Waals surface area contributed by atoms with Gasteiger partial charge in [0.1, 0.15) is 6.04 Å². The molecule has 6 heteroatoms. The summed E-state index contributed by atoms with van der Waals surface area (Å²) in [6.45, 7) is 0.499. The Labute approximate surface area is 111 Å². The minimum absolute atomic E-state index is 0.157. The number of amides is 1. The van der Waals surface area contributed by atoms with Gasteiger partial charge in [0, 0.05) is 18.1 Å². The highest BCUT2D eigenvalue weighted by atomic mass is 32.2. The topological polar surface area (TPSA) is 83.6 Å². The number of hydrogen-bond acceptors (Lipinski definition) is 4. The van der Waals surface area contributed by atoms with Crippen LogP contribution in [0.2, 0.25) is 0 Å². The third kappa shape index (κ3) is 2.64. The molecule has 1 amide bonds. The largest absolute Gasteiger partial charge is 0.480 e. The van der Waals surface area contributed by atoms with Crippen LogP contribution in [0.3, 0.4) is 0 Å². The van der Waals surface area contributed by atoms with Gasteiger partial charge in [-0.2, -0.15) is 11.8 Å². The summed E-state index contributed by atoms with van der Waals surface area (Å²) in [4.78, 5) is 25.2. The number of thioether (sulfide) groups is 1. The minimum Gasteiger partial charge on any atom is -0.480 e. The highest BCUT2D eigenvalue weighted by Gasteiger charge is 2.43. The average molecular weight is 272 g/mol. The van der Waals surface area contributed by atoms with Crippen LogP contribution >= 0.6 is 11.8 Å². The molecule has 1 aliphatic heterocycles. The van der Waals surface area contributed by atoms with Crippen molar-refractivity contribution >= 4 is 23.6 Å². The zero-order valence-electron chi connectivity index (χ0n) is 10.4. The highest BCUT2D eigenvalue weighted by molar-refractivity contribution is 7.99. The van der Waals surface area contributed by atoms with Gasteiger partial charge in [-0.05, 0) is 12.8 Å². The predicted molar refractivity (Wildman–Crippen MR) is 70.5 cm³/mol. The molecule has 0 bridgehead atoms. The van der Waals surface area contributed by atoms with Gasteiger partial charge in [-0.25, -0.2) is 4.79 Å². The molecule has 1 unspecified atom stereocenters. The molecule has 0 radical (unpaired) electrons. The fourth-order valence-electron chi connectivity index (χ4n) is 2.73. The molecule has 2 rings (SSSR count). The second-order valence-corrected chi connectivity index (χ2v) is 6.29. The van der Waals surface area contributed by atoms with Crippen molar-refractivity contribution in [1.29, 1.82) is 0 Å². The Bertz CT molecular complexity index is 342. The van der Waals surface area contributed by atoms with Crippen molar-refractivity contribution in [2.45, 2.75) is 43.7 Å². The zero-order chi connectivity index (χ0) is 13.2. The van der Waals surface area contributed by atoms with Gasteiger partial charge in [-0.3, -0.25) is 4.79 Å². The minimum atomic E-state index is -0.921. The number of rotatable bonds is 2. The summed E-state index contributed by atoms with van der Waals surface area (Å²) >= 11 is 1.58. The van der Waals surface area contributed by atoms with E-state index in [1.54, 1.807) is 11.8 Å². The molecule has 2 fully saturated rings. The number of carbonyl (C=O) groups excluding carboxylic acids is 1. The van der Waals surface area contributed by atoms with Crippen molar-refractivity contribution in [3.05, 3.63) is 0 Å². The van der Waals surface area contributed by atoms with Crippen LogP contribution in [0.1, 0.15) is 32.1 Å². The van der Waals surface area contributed by atoms with Crippen molar-refractivity contribution in [1.82, 2.24) is 4.90 Å². The summed E-state index contributed by atoms with van der Waals surface area (Å²) < 4.78 is 0. The van der Waals surface area contributed by atoms with Crippen LogP contribution in [0.4, 0.5) is 0 Å². The van der Waals surface area contributed by atoms with Crippen LogP contribution in [0, 0.1) is 0 Å². The lowest BCUT2D eigenvalue weighted by Crippen LogP contribution is -2.61. The Morgan fingerprint density at radius 2 is 1.94 bits per heavy atom. The van der Waals surface area contributed by atoms with Crippen LogP contribution in [0.5, 0.6) is 0 Å². The average Bonchev–Trinajstić information content (AvgIpc) is 2.38. The van der Waals surface area contributed by atoms with E-state index in [9.17, 15) is 14.7 Å². The molecule has 5 nitrogen and oxygen atoms in total. The second kappa shape index (κ2) is 5.48. The van der Waals surface area contributed by atoms with Gasteiger partial charge >= 0.3 is 5.97 Å². The van der Waals surface area contributed by atoms with E-state index >= 15 is 0 Å². The van der Waals surface area contributed by atoms with Crippen molar-refractivity contribution in [3.63, 3.8) is 0 Å². The van der Waals surface area contributed by atoms with Crippen LogP contribution in [0.15, 0.2) is 0 Å². The van der Waals surface area contributed by atoms with Crippen LogP contribution in [-0.4, -0.2) is 51.5 Å². The highest BCUT2D eigenvalue weighted by Crippen LogP contribution is 2.30. The van der Waals surface area contributed by atoms with Crippen molar-refractivity contribution in [3.8, 4) is 0 Å². The van der Waals surface area contributed by atoms with Gasteiger partial charge in [0.05, 0.1) is 5.54 Å². The molecule has 3 N–H and O–H groups in total. The Balaban J connectivity index is 2.12. The van der Waals surface area contributed by atoms with Crippen LogP contribution in [0.25, 0.3) is 0 Å². The Morgan fingerprint density at radius 3 is 2.56 bits per heavy atom. The van der Waals surface area contributed by atoms with Crippen LogP contribution < -0.4 is 5.73 Å². The molecular weight excluding hydrogens is 252 g/mol. The van der Waals surface area contributed by atoms with Crippen LogP contribution in [-0.2, 0) is 9.59 Å². The molecule has 0 aromatic heterocycles. The third-order valence-electron chi connectivity index (χ3n) is 3.85. The van der Waals surface area contributed by atoms with E-state index in [1.807, 2.05) is 0 Å². The number of nitrogens with two attached hydrogens (primary N) is 1. The summed E-state index contributed by atoms with van der Waals surface area (Å²) in [6.07, 6.45) is 4.40. The molecule has 0 aromatic carbocycles. The first-order valence-corrected chi connectivity index (χ1v) is 7.60. The maximum Gasteiger partial charge on any atom is 0.327 e. The summed E-state index contributed by atoms with van der Waals surface area (Å²) in [6, 6.07) is -0.710. The second-order valence-electron chi connectivity index (χ2n) is 5.14. The van der Waals surface area contributed by atoms with Gasteiger partial charge in [-0.1, -0.05) is 19.3 Å². The van der Waals surface area contributed by atoms with Gasteiger partial charge in [0.15, 0.2) is 0 Å². The third-order valence-corrected chi connectivity index (χ3v) is 4.87. The molecule has 0 spiro atoms. The first-order chi connectivity index (χ1) is 8.54. The molecule has 1 saturated heterocycles. The molecule has 18 heavy (non-hydrogen) atoms. The molecular formula is C12H20N2O3S. The van der Waals surface area contributed by atoms with E-state index in [0.717, 1.165) is 25.0 Å². The maximum atomic E-state index is 12.5. The number of carboxylic acid groups (broad SMARTS) is 1. The number of aliphatic carboxylic acids is 1. The fourth-order valence-corrected chi connectivity index (χ4v) is 3.77. The van der Waals surface area contributed by atoms with Crippen molar-refractivity contribution in [2.24, 2.45) is 5.73 Å². The van der Waals surface area contributed by atoms with E-state index < -0.39 is 17.6 Å². The first kappa shape index (κ1) is 13.7. The lowest BCUT2D eigenvalue weighted by Gasteiger charge is -2.40. The predicted octanol–water partition coefficient (Wildman–Crippen LogP) is 0.677. The van der Waals surface area contributed by atoms with Gasteiger partial charge in [0.2, 0.25) is 5.91 Å². The van der Waals surface area contributed by atoms with Crippen molar-refractivity contribution < 1.29 is 14.7 Å². The van der Waals surface area contributed by atoms with E-state index in [2.05, 4.69) is 0 Å². The maximum absolute atomic E-state index is 12.5. The van der Waals surface area contributed by atoms with Crippen molar-refractivity contribution in [2.75, 3.05) is 18.1 Å². The van der Waals surface area contributed by atoms with Gasteiger partial charge in [-0.15, -0.1) is 0 Å². The monoisotopic (exact) mass is 272 g/mol. The molecule has 1 heterocycles. The quantitative estimate of drug-likeness (QED) is 0.772. The summed E-state index contributed by atoms with van der Waals surface area (Å²) in [5.74, 6) is 0.188. The number of carbonyl (C=O) groups is 2. The molecule has 102 valence electrons. The molecule has 1 aliphatic carbocycles. The summed E-state index contributed by atoms with van der Waals surface area (Å²) in [5, 5.41) is 9.19. The molecule has 0 aromatic rings. The standard InChI is InChI=1S/C12H20N2O3S/c13-12(4-2-1-3-5-12)11(17)14-6-7-18-8-9(14)10(15)16/h9H,1-8,13H2,(H,15,16). The zero-order valence-corrected chi connectivity index (χ0v) is 11.2. The lowest BCUT2D eigenvalue weighted by molar-refractivity contribution is -0.152. The number of carboxylic acids is 1. The number of nitrogens with zero attached hydrogens (tertiary/aromatic N) is 1. The SMILES string of the molecule is NC1(C(=O)N2CCSCC2C(=O)O)CCCCC1. The normalized spacial score (nSPS) is 27.8. The van der Waals surface area contributed by atoms with E-state index in [4.69, 9.17) is 5.73 Å². The summed E-state index contributed by atoms with van der Waals surface area (Å²) in [5.41, 5.74) is 5.38. The lowest BCUT2D eigenvalue weighted by atomic mass is 9.81. The smallest absolute Gasteiger partial charge is 0.327 e.